The average Bonchev–Trinajstić information content (AvgIpc) is 3.24. The predicted octanol–water partition coefficient (Wildman–Crippen LogP) is 7.49. The summed E-state index contributed by atoms with van der Waals surface area (Å²) in [5.74, 6) is 3.30. The van der Waals surface area contributed by atoms with Crippen molar-refractivity contribution in [3.8, 4) is 5.75 Å². The number of aryl methyl sites for hydroxylation is 2. The van der Waals surface area contributed by atoms with Crippen molar-refractivity contribution >= 4 is 15.9 Å². The Labute approximate surface area is 246 Å². The lowest BCUT2D eigenvalue weighted by Crippen LogP contribution is -2.53. The van der Waals surface area contributed by atoms with E-state index in [1.165, 1.54) is 17.5 Å². The third-order valence-electron chi connectivity index (χ3n) is 10.6. The number of fused-ring (bicyclic) bond motifs is 5. The lowest BCUT2D eigenvalue weighted by Gasteiger charge is -2.54. The minimum Gasteiger partial charge on any atom is -0.497 e. The van der Waals surface area contributed by atoms with Gasteiger partial charge >= 0.3 is 0 Å². The van der Waals surface area contributed by atoms with Gasteiger partial charge in [-0.25, -0.2) is 0 Å². The minimum absolute atomic E-state index is 0.0946. The quantitative estimate of drug-likeness (QED) is 0.227. The van der Waals surface area contributed by atoms with Crippen molar-refractivity contribution in [1.82, 2.24) is 0 Å². The summed E-state index contributed by atoms with van der Waals surface area (Å²) in [6.07, 6.45) is 7.51. The predicted molar refractivity (Wildman–Crippen MR) is 163 cm³/mol. The minimum atomic E-state index is -3.91. The molecule has 0 spiro atoms. The number of nitrogens with zero attached hydrogens (tertiary/aromatic N) is 1. The summed E-state index contributed by atoms with van der Waals surface area (Å²) in [5, 5.41) is 0. The average molecular weight is 582 g/mol. The molecule has 3 aliphatic rings. The molecule has 0 bridgehead atoms. The maximum Gasteiger partial charge on any atom is 0.285 e. The molecule has 2 aromatic rings. The van der Waals surface area contributed by atoms with Crippen LogP contribution in [-0.4, -0.2) is 40.7 Å². The molecule has 0 saturated heterocycles. The summed E-state index contributed by atoms with van der Waals surface area (Å²) in [6.45, 7) is 9.04. The van der Waals surface area contributed by atoms with Crippen molar-refractivity contribution < 1.29 is 22.6 Å². The molecule has 2 saturated carbocycles. The molecule has 0 heterocycles. The van der Waals surface area contributed by atoms with Crippen LogP contribution < -0.4 is 4.74 Å². The summed E-state index contributed by atoms with van der Waals surface area (Å²) >= 11 is 0. The highest BCUT2D eigenvalue weighted by Gasteiger charge is 2.63. The zero-order valence-electron chi connectivity index (χ0n) is 25.6. The zero-order chi connectivity index (χ0) is 29.4. The van der Waals surface area contributed by atoms with E-state index in [1.807, 2.05) is 6.92 Å². The second-order valence-electron chi connectivity index (χ2n) is 13.2. The molecule has 2 fully saturated rings. The number of hydrogen-bond donors (Lipinski definition) is 0. The normalized spacial score (nSPS) is 29.5. The third-order valence-corrected chi connectivity index (χ3v) is 11.9. The molecule has 3 aliphatic carbocycles. The smallest absolute Gasteiger partial charge is 0.285 e. The zero-order valence-corrected chi connectivity index (χ0v) is 26.4. The number of sulfonamides is 1. The molecule has 5 rings (SSSR count). The first-order chi connectivity index (χ1) is 19.5. The fourth-order valence-corrected chi connectivity index (χ4v) is 9.11. The van der Waals surface area contributed by atoms with Crippen LogP contribution in [-0.2, 0) is 25.9 Å². The van der Waals surface area contributed by atoms with Crippen LogP contribution in [0.2, 0.25) is 0 Å². The van der Waals surface area contributed by atoms with Gasteiger partial charge in [-0.05, 0) is 111 Å². The highest BCUT2D eigenvalue weighted by molar-refractivity contribution is 7.90. The highest BCUT2D eigenvalue weighted by Crippen LogP contribution is 2.66. The van der Waals surface area contributed by atoms with Gasteiger partial charge in [0.25, 0.3) is 10.0 Å². The van der Waals surface area contributed by atoms with Crippen LogP contribution >= 0.6 is 0 Å². The molecule has 0 aromatic heterocycles. The van der Waals surface area contributed by atoms with Gasteiger partial charge in [0.05, 0.1) is 30.6 Å². The summed E-state index contributed by atoms with van der Waals surface area (Å²) in [6, 6.07) is 13.5. The van der Waals surface area contributed by atoms with Gasteiger partial charge in [-0.1, -0.05) is 44.5 Å². The molecule has 2 aromatic carbocycles. The van der Waals surface area contributed by atoms with E-state index < -0.39 is 15.6 Å². The Morgan fingerprint density at radius 1 is 1.05 bits per heavy atom. The molecule has 0 radical (unpaired) electrons. The standard InChI is InChI=1S/C34H47NO5S/c1-23(2)17-20-40-32(35-41(36,37)27-11-7-24(3)8-12-27)22-34(39-6)19-16-31-30-13-9-25-21-26(38-5)10-14-28(25)29(30)15-18-33(31,34)4/h7-8,10-12,14,21,23,29-31H,9,13,15-20,22H2,1-6H3/b35-32+/t29-,30-,31+,33+,34-/m1/s1. The SMILES string of the molecule is COc1ccc2c(c1)CC[C@@H]1[C@@H]2CC[C@@]2(C)[C@H]1CC[C@]2(C/C(=N\S(=O)(=O)c1ccc(C)cc1)OCCC(C)C)OC. The van der Waals surface area contributed by atoms with Crippen LogP contribution in [0.4, 0.5) is 0 Å². The van der Waals surface area contributed by atoms with E-state index in [0.717, 1.165) is 49.8 Å². The lowest BCUT2D eigenvalue weighted by molar-refractivity contribution is -0.123. The largest absolute Gasteiger partial charge is 0.497 e. The van der Waals surface area contributed by atoms with E-state index in [0.29, 0.717) is 36.7 Å². The molecule has 0 N–H and O–H groups in total. The maximum atomic E-state index is 13.4. The molecule has 7 heteroatoms. The van der Waals surface area contributed by atoms with Gasteiger partial charge in [-0.3, -0.25) is 0 Å². The molecular weight excluding hydrogens is 534 g/mol. The molecule has 5 atom stereocenters. The van der Waals surface area contributed by atoms with Crippen molar-refractivity contribution in [2.75, 3.05) is 20.8 Å². The summed E-state index contributed by atoms with van der Waals surface area (Å²) in [5.41, 5.74) is 3.30. The molecule has 0 amide bonds. The maximum absolute atomic E-state index is 13.4. The molecule has 0 aliphatic heterocycles. The monoisotopic (exact) mass is 581 g/mol. The Hall–Kier alpha value is -2.38. The van der Waals surface area contributed by atoms with E-state index in [1.54, 1.807) is 38.5 Å². The Morgan fingerprint density at radius 2 is 1.80 bits per heavy atom. The second-order valence-corrected chi connectivity index (χ2v) is 14.8. The van der Waals surface area contributed by atoms with Gasteiger partial charge in [-0.15, -0.1) is 4.40 Å². The van der Waals surface area contributed by atoms with E-state index in [9.17, 15) is 8.42 Å². The van der Waals surface area contributed by atoms with E-state index in [4.69, 9.17) is 14.2 Å². The molecular formula is C34H47NO5S. The number of ether oxygens (including phenoxy) is 3. The van der Waals surface area contributed by atoms with Crippen molar-refractivity contribution in [1.29, 1.82) is 0 Å². The Morgan fingerprint density at radius 3 is 2.49 bits per heavy atom. The van der Waals surface area contributed by atoms with Crippen molar-refractivity contribution in [2.45, 2.75) is 95.5 Å². The van der Waals surface area contributed by atoms with Crippen molar-refractivity contribution in [3.05, 3.63) is 59.2 Å². The van der Waals surface area contributed by atoms with E-state index in [2.05, 4.69) is 43.4 Å². The topological polar surface area (TPSA) is 74.2 Å². The van der Waals surface area contributed by atoms with Crippen LogP contribution in [0.3, 0.4) is 0 Å². The van der Waals surface area contributed by atoms with E-state index >= 15 is 0 Å². The Kier molecular flexibility index (Phi) is 8.60. The molecule has 224 valence electrons. The van der Waals surface area contributed by atoms with Gasteiger partial charge in [0.1, 0.15) is 5.75 Å². The molecule has 0 unspecified atom stereocenters. The fraction of sp³-hybridized carbons (Fsp3) is 0.618. The number of methoxy groups -OCH3 is 2. The first-order valence-electron chi connectivity index (χ1n) is 15.3. The summed E-state index contributed by atoms with van der Waals surface area (Å²) in [4.78, 5) is 0.188. The summed E-state index contributed by atoms with van der Waals surface area (Å²) in [7, 11) is -0.385. The number of hydrogen-bond acceptors (Lipinski definition) is 5. The van der Waals surface area contributed by atoms with Crippen LogP contribution in [0.15, 0.2) is 51.8 Å². The van der Waals surface area contributed by atoms with Gasteiger partial charge in [-0.2, -0.15) is 8.42 Å². The van der Waals surface area contributed by atoms with Crippen molar-refractivity contribution in [3.63, 3.8) is 0 Å². The van der Waals surface area contributed by atoms with E-state index in [-0.39, 0.29) is 16.2 Å². The Balaban J connectivity index is 1.44. The first-order valence-corrected chi connectivity index (χ1v) is 16.7. The highest BCUT2D eigenvalue weighted by atomic mass is 32.2. The third kappa shape index (κ3) is 5.69. The number of rotatable bonds is 9. The summed E-state index contributed by atoms with van der Waals surface area (Å²) < 4.78 is 49.3. The fourth-order valence-electron chi connectivity index (χ4n) is 8.14. The van der Waals surface area contributed by atoms with Gasteiger partial charge in [0.15, 0.2) is 0 Å². The van der Waals surface area contributed by atoms with Gasteiger partial charge in [0.2, 0.25) is 5.90 Å². The second kappa shape index (κ2) is 11.7. The molecule has 6 nitrogen and oxygen atoms in total. The van der Waals surface area contributed by atoms with Crippen LogP contribution in [0.5, 0.6) is 5.75 Å². The van der Waals surface area contributed by atoms with Crippen LogP contribution in [0.25, 0.3) is 0 Å². The van der Waals surface area contributed by atoms with Crippen LogP contribution in [0, 0.1) is 30.1 Å². The Bertz CT molecular complexity index is 1370. The number of benzene rings is 2. The van der Waals surface area contributed by atoms with Crippen molar-refractivity contribution in [2.24, 2.45) is 27.6 Å². The van der Waals surface area contributed by atoms with Gasteiger partial charge in [0, 0.05) is 12.5 Å². The van der Waals surface area contributed by atoms with Gasteiger partial charge < -0.3 is 14.2 Å². The van der Waals surface area contributed by atoms with Crippen LogP contribution in [0.1, 0.15) is 88.3 Å². The molecule has 41 heavy (non-hydrogen) atoms. The first kappa shape index (κ1) is 30.1. The lowest BCUT2D eigenvalue weighted by atomic mass is 9.53.